The number of hydrogen-bond donors (Lipinski definition) is 1. The van der Waals surface area contributed by atoms with E-state index in [2.05, 4.69) is 5.92 Å². The van der Waals surface area contributed by atoms with Crippen molar-refractivity contribution in [1.82, 2.24) is 4.57 Å². The molecular weight excluding hydrogens is 160 g/mol. The van der Waals surface area contributed by atoms with Crippen molar-refractivity contribution in [2.24, 2.45) is 0 Å². The van der Waals surface area contributed by atoms with Gasteiger partial charge >= 0.3 is 0 Å². The fraction of sp³-hybridized carbons (Fsp3) is 0.0909. The maximum absolute atomic E-state index is 5.68. The molecule has 0 atom stereocenters. The lowest BCUT2D eigenvalue weighted by atomic mass is 10.2. The van der Waals surface area contributed by atoms with Gasteiger partial charge < -0.3 is 10.3 Å². The van der Waals surface area contributed by atoms with Gasteiger partial charge in [-0.05, 0) is 23.6 Å². The van der Waals surface area contributed by atoms with Crippen LogP contribution in [0.1, 0.15) is 0 Å². The molecule has 0 unspecified atom stereocenters. The Kier molecular flexibility index (Phi) is 1.71. The Labute approximate surface area is 77.0 Å². The Balaban J connectivity index is 2.66. The van der Waals surface area contributed by atoms with Crippen LogP contribution in [0, 0.1) is 12.3 Å². The molecule has 13 heavy (non-hydrogen) atoms. The lowest BCUT2D eigenvalue weighted by Crippen LogP contribution is -1.93. The zero-order chi connectivity index (χ0) is 9.26. The van der Waals surface area contributed by atoms with E-state index in [-0.39, 0.29) is 0 Å². The Morgan fingerprint density at radius 2 is 2.23 bits per heavy atom. The third-order valence-corrected chi connectivity index (χ3v) is 2.06. The predicted molar refractivity (Wildman–Crippen MR) is 55.2 cm³/mol. The van der Waals surface area contributed by atoms with Gasteiger partial charge in [0, 0.05) is 11.9 Å². The summed E-state index contributed by atoms with van der Waals surface area (Å²) in [7, 11) is 0. The summed E-state index contributed by atoms with van der Waals surface area (Å²) in [6.07, 6.45) is 7.22. The minimum atomic E-state index is 0.590. The number of terminal acetylenes is 1. The van der Waals surface area contributed by atoms with E-state index in [9.17, 15) is 0 Å². The molecular formula is C11H10N2. The normalized spacial score (nSPS) is 10.1. The minimum Gasteiger partial charge on any atom is -0.399 e. The second-order valence-corrected chi connectivity index (χ2v) is 2.97. The van der Waals surface area contributed by atoms with Gasteiger partial charge in [0.25, 0.3) is 0 Å². The van der Waals surface area contributed by atoms with Crippen LogP contribution in [0.5, 0.6) is 0 Å². The molecule has 1 heterocycles. The van der Waals surface area contributed by atoms with E-state index in [1.165, 1.54) is 5.39 Å². The molecule has 0 amide bonds. The Bertz CT molecular complexity index is 474. The second kappa shape index (κ2) is 2.87. The summed E-state index contributed by atoms with van der Waals surface area (Å²) >= 11 is 0. The summed E-state index contributed by atoms with van der Waals surface area (Å²) in [6.45, 7) is 0.590. The molecule has 0 radical (unpaired) electrons. The molecule has 2 nitrogen and oxygen atoms in total. The third-order valence-electron chi connectivity index (χ3n) is 2.06. The van der Waals surface area contributed by atoms with Gasteiger partial charge in [-0.15, -0.1) is 6.42 Å². The Morgan fingerprint density at radius 3 is 3.00 bits per heavy atom. The molecule has 0 aliphatic rings. The number of hydrogen-bond acceptors (Lipinski definition) is 1. The van der Waals surface area contributed by atoms with Crippen LogP contribution in [-0.2, 0) is 6.54 Å². The van der Waals surface area contributed by atoms with Crippen LogP contribution in [0.3, 0.4) is 0 Å². The van der Waals surface area contributed by atoms with Crippen molar-refractivity contribution in [2.45, 2.75) is 6.54 Å². The summed E-state index contributed by atoms with van der Waals surface area (Å²) in [6, 6.07) is 7.86. The molecule has 1 aromatic carbocycles. The molecule has 64 valence electrons. The van der Waals surface area contributed by atoms with E-state index in [1.807, 2.05) is 35.0 Å². The molecule has 2 aromatic rings. The number of fused-ring (bicyclic) bond motifs is 1. The summed E-state index contributed by atoms with van der Waals surface area (Å²) < 4.78 is 2.01. The van der Waals surface area contributed by atoms with Gasteiger partial charge in [-0.1, -0.05) is 12.0 Å². The zero-order valence-corrected chi connectivity index (χ0v) is 7.20. The monoisotopic (exact) mass is 170 g/mol. The van der Waals surface area contributed by atoms with Crippen molar-refractivity contribution >= 4 is 16.6 Å². The molecule has 0 spiro atoms. The molecule has 1 aromatic heterocycles. The smallest absolute Gasteiger partial charge is 0.0834 e. The highest BCUT2D eigenvalue weighted by Crippen LogP contribution is 2.18. The second-order valence-electron chi connectivity index (χ2n) is 2.97. The maximum Gasteiger partial charge on any atom is 0.0834 e. The first-order valence-corrected chi connectivity index (χ1v) is 4.09. The van der Waals surface area contributed by atoms with E-state index in [4.69, 9.17) is 12.2 Å². The molecule has 0 saturated carbocycles. The van der Waals surface area contributed by atoms with Crippen molar-refractivity contribution in [2.75, 3.05) is 5.73 Å². The first kappa shape index (κ1) is 7.75. The largest absolute Gasteiger partial charge is 0.399 e. The Morgan fingerprint density at radius 1 is 1.38 bits per heavy atom. The van der Waals surface area contributed by atoms with E-state index in [0.29, 0.717) is 6.54 Å². The molecule has 0 bridgehead atoms. The number of benzene rings is 1. The lowest BCUT2D eigenvalue weighted by molar-refractivity contribution is 0.887. The standard InChI is InChI=1S/C11H10N2/c1-2-6-13-7-5-9-3-4-10(12)8-11(9)13/h1,3-5,7-8H,6,12H2. The quantitative estimate of drug-likeness (QED) is 0.514. The van der Waals surface area contributed by atoms with Crippen molar-refractivity contribution < 1.29 is 0 Å². The highest BCUT2D eigenvalue weighted by Gasteiger charge is 1.98. The molecule has 0 aliphatic heterocycles. The van der Waals surface area contributed by atoms with Gasteiger partial charge in [-0.3, -0.25) is 0 Å². The minimum absolute atomic E-state index is 0.590. The average molecular weight is 170 g/mol. The van der Waals surface area contributed by atoms with E-state index in [1.54, 1.807) is 0 Å². The number of nitrogens with zero attached hydrogens (tertiary/aromatic N) is 1. The number of nitrogen functional groups attached to an aromatic ring is 1. The molecule has 2 rings (SSSR count). The van der Waals surface area contributed by atoms with E-state index >= 15 is 0 Å². The molecule has 2 heteroatoms. The maximum atomic E-state index is 5.68. The van der Waals surface area contributed by atoms with Crippen LogP contribution in [0.15, 0.2) is 30.5 Å². The number of nitrogens with two attached hydrogens (primary N) is 1. The van der Waals surface area contributed by atoms with Crippen LogP contribution >= 0.6 is 0 Å². The highest BCUT2D eigenvalue weighted by molar-refractivity contribution is 5.83. The van der Waals surface area contributed by atoms with Crippen molar-refractivity contribution in [3.05, 3.63) is 30.5 Å². The Hall–Kier alpha value is -1.88. The van der Waals surface area contributed by atoms with E-state index in [0.717, 1.165) is 11.2 Å². The van der Waals surface area contributed by atoms with Crippen LogP contribution in [0.2, 0.25) is 0 Å². The van der Waals surface area contributed by atoms with Crippen LogP contribution in [0.4, 0.5) is 5.69 Å². The van der Waals surface area contributed by atoms with Crippen molar-refractivity contribution in [3.8, 4) is 12.3 Å². The molecule has 2 N–H and O–H groups in total. The van der Waals surface area contributed by atoms with Crippen molar-refractivity contribution in [3.63, 3.8) is 0 Å². The summed E-state index contributed by atoms with van der Waals surface area (Å²) in [5, 5.41) is 1.17. The van der Waals surface area contributed by atoms with Gasteiger partial charge in [0.2, 0.25) is 0 Å². The van der Waals surface area contributed by atoms with E-state index < -0.39 is 0 Å². The zero-order valence-electron chi connectivity index (χ0n) is 7.20. The van der Waals surface area contributed by atoms with Gasteiger partial charge in [0.1, 0.15) is 0 Å². The topological polar surface area (TPSA) is 30.9 Å². The van der Waals surface area contributed by atoms with Gasteiger partial charge in [-0.25, -0.2) is 0 Å². The number of rotatable bonds is 1. The number of anilines is 1. The fourth-order valence-electron chi connectivity index (χ4n) is 1.44. The molecule has 0 aliphatic carbocycles. The summed E-state index contributed by atoms with van der Waals surface area (Å²) in [4.78, 5) is 0. The highest BCUT2D eigenvalue weighted by atomic mass is 14.9. The van der Waals surface area contributed by atoms with Crippen molar-refractivity contribution in [1.29, 1.82) is 0 Å². The predicted octanol–water partition coefficient (Wildman–Crippen LogP) is 1.86. The lowest BCUT2D eigenvalue weighted by Gasteiger charge is -2.00. The SMILES string of the molecule is C#CCn1ccc2ccc(N)cc21. The number of aromatic nitrogens is 1. The first-order chi connectivity index (χ1) is 6.31. The summed E-state index contributed by atoms with van der Waals surface area (Å²) in [5.74, 6) is 2.60. The van der Waals surface area contributed by atoms with Crippen LogP contribution in [-0.4, -0.2) is 4.57 Å². The van der Waals surface area contributed by atoms with Gasteiger partial charge in [0.05, 0.1) is 12.1 Å². The third kappa shape index (κ3) is 1.25. The van der Waals surface area contributed by atoms with Crippen LogP contribution in [0.25, 0.3) is 10.9 Å². The van der Waals surface area contributed by atoms with Gasteiger partial charge in [0.15, 0.2) is 0 Å². The molecule has 0 fully saturated rings. The first-order valence-electron chi connectivity index (χ1n) is 4.09. The summed E-state index contributed by atoms with van der Waals surface area (Å²) in [5.41, 5.74) is 7.55. The van der Waals surface area contributed by atoms with Crippen LogP contribution < -0.4 is 5.73 Å². The average Bonchev–Trinajstić information content (AvgIpc) is 2.49. The fourth-order valence-corrected chi connectivity index (χ4v) is 1.44. The molecule has 0 saturated heterocycles. The van der Waals surface area contributed by atoms with Gasteiger partial charge in [-0.2, -0.15) is 0 Å².